The van der Waals surface area contributed by atoms with Crippen LogP contribution in [0.25, 0.3) is 0 Å². The number of aryl methyl sites for hydroxylation is 1. The van der Waals surface area contributed by atoms with Crippen LogP contribution in [-0.2, 0) is 0 Å². The highest BCUT2D eigenvalue weighted by Gasteiger charge is 2.42. The molecule has 0 aliphatic rings. The summed E-state index contributed by atoms with van der Waals surface area (Å²) in [5.74, 6) is 0.430. The standard InChI is InChI=1S/C19H34OSSi/c1-12(2)22(13(3)4,14(5)6)11-21-19-15(7)10-18(20)16(8)17(19)9/h10,12-14,20H,11H2,1-9H3. The van der Waals surface area contributed by atoms with Crippen LogP contribution in [0.3, 0.4) is 0 Å². The lowest BCUT2D eigenvalue weighted by Gasteiger charge is -2.43. The van der Waals surface area contributed by atoms with E-state index in [1.165, 1.54) is 21.4 Å². The zero-order valence-electron chi connectivity index (χ0n) is 15.9. The van der Waals surface area contributed by atoms with Crippen molar-refractivity contribution in [2.24, 2.45) is 0 Å². The first kappa shape index (κ1) is 19.6. The number of aromatic hydroxyl groups is 1. The Bertz CT molecular complexity index is 499. The van der Waals surface area contributed by atoms with Gasteiger partial charge < -0.3 is 5.11 Å². The Hall–Kier alpha value is -0.413. The van der Waals surface area contributed by atoms with Crippen molar-refractivity contribution in [3.05, 3.63) is 22.8 Å². The Morgan fingerprint density at radius 1 is 0.909 bits per heavy atom. The Morgan fingerprint density at radius 3 is 1.77 bits per heavy atom. The van der Waals surface area contributed by atoms with E-state index in [9.17, 15) is 5.11 Å². The average molecular weight is 339 g/mol. The minimum atomic E-state index is -1.39. The summed E-state index contributed by atoms with van der Waals surface area (Å²) in [5, 5.41) is 11.3. The Balaban J connectivity index is 3.18. The molecule has 0 heterocycles. The molecule has 1 aromatic rings. The van der Waals surface area contributed by atoms with Crippen LogP contribution in [0.5, 0.6) is 5.75 Å². The van der Waals surface area contributed by atoms with Gasteiger partial charge in [0, 0.05) is 4.90 Å². The molecule has 0 saturated carbocycles. The normalized spacial score (nSPS) is 12.7. The molecule has 3 heteroatoms. The van der Waals surface area contributed by atoms with Gasteiger partial charge >= 0.3 is 0 Å². The predicted octanol–water partition coefficient (Wildman–Crippen LogP) is 6.63. The first-order valence-corrected chi connectivity index (χ1v) is 11.9. The molecule has 1 rings (SSSR count). The van der Waals surface area contributed by atoms with E-state index in [1.807, 2.05) is 24.8 Å². The van der Waals surface area contributed by atoms with Crippen LogP contribution >= 0.6 is 11.8 Å². The highest BCUT2D eigenvalue weighted by Crippen LogP contribution is 2.45. The van der Waals surface area contributed by atoms with Gasteiger partial charge in [-0.3, -0.25) is 0 Å². The van der Waals surface area contributed by atoms with Crippen LogP contribution in [0.1, 0.15) is 58.2 Å². The van der Waals surface area contributed by atoms with Gasteiger partial charge in [-0.1, -0.05) is 41.5 Å². The minimum absolute atomic E-state index is 0.430. The van der Waals surface area contributed by atoms with E-state index >= 15 is 0 Å². The van der Waals surface area contributed by atoms with Crippen molar-refractivity contribution in [1.29, 1.82) is 0 Å². The SMILES string of the molecule is Cc1cc(O)c(C)c(C)c1SC[Si](C(C)C)(C(C)C)C(C)C. The summed E-state index contributed by atoms with van der Waals surface area (Å²) in [7, 11) is -1.39. The van der Waals surface area contributed by atoms with Gasteiger partial charge in [-0.25, -0.2) is 0 Å². The monoisotopic (exact) mass is 338 g/mol. The third-order valence-electron chi connectivity index (χ3n) is 5.69. The van der Waals surface area contributed by atoms with E-state index in [-0.39, 0.29) is 0 Å². The zero-order chi connectivity index (χ0) is 17.2. The van der Waals surface area contributed by atoms with Gasteiger partial charge in [-0.05, 0) is 65.5 Å². The number of hydrogen-bond acceptors (Lipinski definition) is 2. The number of hydrogen-bond donors (Lipinski definition) is 1. The third-order valence-corrected chi connectivity index (χ3v) is 15.6. The number of phenols is 1. The molecule has 0 aromatic heterocycles. The number of benzene rings is 1. The second kappa shape index (κ2) is 7.44. The van der Waals surface area contributed by atoms with Crippen LogP contribution in [0.15, 0.2) is 11.0 Å². The molecule has 0 aliphatic heterocycles. The summed E-state index contributed by atoms with van der Waals surface area (Å²) in [6.45, 7) is 20.8. The van der Waals surface area contributed by atoms with Crippen LogP contribution in [0, 0.1) is 20.8 Å². The molecule has 0 amide bonds. The van der Waals surface area contributed by atoms with Crippen LogP contribution in [0.4, 0.5) is 0 Å². The van der Waals surface area contributed by atoms with E-state index in [1.54, 1.807) is 0 Å². The molecular weight excluding hydrogens is 304 g/mol. The highest BCUT2D eigenvalue weighted by atomic mass is 32.2. The lowest BCUT2D eigenvalue weighted by Crippen LogP contribution is -2.47. The van der Waals surface area contributed by atoms with Gasteiger partial charge in [0.25, 0.3) is 0 Å². The minimum Gasteiger partial charge on any atom is -0.508 e. The fourth-order valence-electron chi connectivity index (χ4n) is 3.96. The molecule has 0 fully saturated rings. The Labute approximate surface area is 142 Å². The van der Waals surface area contributed by atoms with Gasteiger partial charge in [-0.15, -0.1) is 11.8 Å². The molecule has 0 atom stereocenters. The topological polar surface area (TPSA) is 20.2 Å². The molecule has 126 valence electrons. The maximum atomic E-state index is 10.00. The average Bonchev–Trinajstić information content (AvgIpc) is 2.39. The number of rotatable bonds is 6. The van der Waals surface area contributed by atoms with Crippen molar-refractivity contribution in [3.63, 3.8) is 0 Å². The fourth-order valence-corrected chi connectivity index (χ4v) is 14.2. The van der Waals surface area contributed by atoms with E-state index in [2.05, 4.69) is 55.4 Å². The molecule has 1 nitrogen and oxygen atoms in total. The van der Waals surface area contributed by atoms with Crippen LogP contribution in [0.2, 0.25) is 16.6 Å². The molecule has 0 aliphatic carbocycles. The molecule has 0 spiro atoms. The Kier molecular flexibility index (Phi) is 6.64. The van der Waals surface area contributed by atoms with Crippen molar-refractivity contribution in [1.82, 2.24) is 0 Å². The summed E-state index contributed by atoms with van der Waals surface area (Å²) in [6.07, 6.45) is 0. The van der Waals surface area contributed by atoms with Crippen molar-refractivity contribution in [2.75, 3.05) is 5.38 Å². The molecule has 0 saturated heterocycles. The van der Waals surface area contributed by atoms with Crippen molar-refractivity contribution < 1.29 is 5.11 Å². The van der Waals surface area contributed by atoms with Crippen molar-refractivity contribution in [3.8, 4) is 5.75 Å². The maximum absolute atomic E-state index is 10.00. The first-order valence-electron chi connectivity index (χ1n) is 8.48. The van der Waals surface area contributed by atoms with Crippen LogP contribution < -0.4 is 0 Å². The second-order valence-corrected chi connectivity index (χ2v) is 15.2. The Morgan fingerprint density at radius 2 is 1.36 bits per heavy atom. The smallest absolute Gasteiger partial charge is 0.119 e. The van der Waals surface area contributed by atoms with Gasteiger partial charge in [0.15, 0.2) is 0 Å². The zero-order valence-corrected chi connectivity index (χ0v) is 17.7. The molecule has 0 radical (unpaired) electrons. The number of thioether (sulfide) groups is 1. The van der Waals surface area contributed by atoms with Gasteiger partial charge in [0.2, 0.25) is 0 Å². The third kappa shape index (κ3) is 3.56. The van der Waals surface area contributed by atoms with E-state index in [4.69, 9.17) is 0 Å². The van der Waals surface area contributed by atoms with Gasteiger partial charge in [-0.2, -0.15) is 0 Å². The predicted molar refractivity (Wildman–Crippen MR) is 104 cm³/mol. The second-order valence-electron chi connectivity index (χ2n) is 7.66. The fraction of sp³-hybridized carbons (Fsp3) is 0.684. The quantitative estimate of drug-likeness (QED) is 0.464. The highest BCUT2D eigenvalue weighted by molar-refractivity contribution is 8.01. The molecule has 0 bridgehead atoms. The van der Waals surface area contributed by atoms with Crippen molar-refractivity contribution in [2.45, 2.75) is 83.8 Å². The molecule has 0 unspecified atom stereocenters. The largest absolute Gasteiger partial charge is 0.508 e. The number of phenolic OH excluding ortho intramolecular Hbond substituents is 1. The molecule has 22 heavy (non-hydrogen) atoms. The lowest BCUT2D eigenvalue weighted by molar-refractivity contribution is 0.469. The molecule has 1 aromatic carbocycles. The van der Waals surface area contributed by atoms with Gasteiger partial charge in [0.1, 0.15) is 5.75 Å². The van der Waals surface area contributed by atoms with E-state index in [0.29, 0.717) is 5.75 Å². The van der Waals surface area contributed by atoms with Gasteiger partial charge in [0.05, 0.1) is 8.07 Å². The van der Waals surface area contributed by atoms with Crippen LogP contribution in [-0.4, -0.2) is 18.6 Å². The molecule has 1 N–H and O–H groups in total. The summed E-state index contributed by atoms with van der Waals surface area (Å²) < 4.78 is 0. The van der Waals surface area contributed by atoms with Crippen molar-refractivity contribution >= 4 is 19.8 Å². The first-order chi connectivity index (χ1) is 10.1. The summed E-state index contributed by atoms with van der Waals surface area (Å²) in [6, 6.07) is 1.92. The maximum Gasteiger partial charge on any atom is 0.119 e. The summed E-state index contributed by atoms with van der Waals surface area (Å²) >= 11 is 2.04. The van der Waals surface area contributed by atoms with E-state index < -0.39 is 8.07 Å². The van der Waals surface area contributed by atoms with E-state index in [0.717, 1.165) is 22.2 Å². The lowest BCUT2D eigenvalue weighted by atomic mass is 10.1. The summed E-state index contributed by atoms with van der Waals surface area (Å²) in [4.78, 5) is 1.38. The summed E-state index contributed by atoms with van der Waals surface area (Å²) in [5.41, 5.74) is 5.86. The molecular formula is C19H34OSSi.